The summed E-state index contributed by atoms with van der Waals surface area (Å²) in [5.41, 5.74) is 2.26. The van der Waals surface area contributed by atoms with Crippen LogP contribution in [0.4, 0.5) is 5.69 Å². The second-order valence-corrected chi connectivity index (χ2v) is 5.49. The standard InChI is InChI=1S/C19H22N2O2/c1-3-8-18(15-9-5-4-6-10-15)21-19(23)16-11-7-12-17(13-16)20-14(2)22/h4-7,9-13,18H,3,8H2,1-2H3,(H,20,22)(H,21,23)/t18-/m1/s1. The number of benzene rings is 2. The number of rotatable bonds is 6. The van der Waals surface area contributed by atoms with Gasteiger partial charge in [-0.15, -0.1) is 0 Å². The second kappa shape index (κ2) is 8.13. The molecule has 0 aromatic heterocycles. The van der Waals surface area contributed by atoms with E-state index in [0.29, 0.717) is 11.3 Å². The van der Waals surface area contributed by atoms with Gasteiger partial charge in [0.05, 0.1) is 6.04 Å². The summed E-state index contributed by atoms with van der Waals surface area (Å²) in [6.45, 7) is 3.54. The van der Waals surface area contributed by atoms with Crippen molar-refractivity contribution in [2.24, 2.45) is 0 Å². The van der Waals surface area contributed by atoms with E-state index < -0.39 is 0 Å². The molecule has 23 heavy (non-hydrogen) atoms. The molecule has 2 amide bonds. The van der Waals surface area contributed by atoms with Crippen LogP contribution in [0.5, 0.6) is 0 Å². The largest absolute Gasteiger partial charge is 0.345 e. The van der Waals surface area contributed by atoms with Gasteiger partial charge in [0.2, 0.25) is 5.91 Å². The summed E-state index contributed by atoms with van der Waals surface area (Å²) in [4.78, 5) is 23.6. The molecule has 2 N–H and O–H groups in total. The molecule has 0 saturated heterocycles. The molecular weight excluding hydrogens is 288 g/mol. The Morgan fingerprint density at radius 2 is 1.78 bits per heavy atom. The average Bonchev–Trinajstić information content (AvgIpc) is 2.55. The first kappa shape index (κ1) is 16.7. The maximum Gasteiger partial charge on any atom is 0.251 e. The third-order valence-corrected chi connectivity index (χ3v) is 3.53. The lowest BCUT2D eigenvalue weighted by atomic mass is 10.0. The van der Waals surface area contributed by atoms with E-state index in [-0.39, 0.29) is 17.9 Å². The van der Waals surface area contributed by atoms with E-state index in [4.69, 9.17) is 0 Å². The van der Waals surface area contributed by atoms with E-state index in [0.717, 1.165) is 18.4 Å². The van der Waals surface area contributed by atoms with Crippen molar-refractivity contribution >= 4 is 17.5 Å². The SMILES string of the molecule is CCC[C@@H](NC(=O)c1cccc(NC(C)=O)c1)c1ccccc1. The van der Waals surface area contributed by atoms with Crippen LogP contribution in [0.2, 0.25) is 0 Å². The van der Waals surface area contributed by atoms with E-state index in [1.54, 1.807) is 24.3 Å². The molecule has 120 valence electrons. The van der Waals surface area contributed by atoms with Crippen molar-refractivity contribution in [1.29, 1.82) is 0 Å². The number of nitrogens with one attached hydrogen (secondary N) is 2. The highest BCUT2D eigenvalue weighted by Crippen LogP contribution is 2.19. The molecule has 0 fully saturated rings. The number of amides is 2. The van der Waals surface area contributed by atoms with E-state index in [1.807, 2.05) is 30.3 Å². The van der Waals surface area contributed by atoms with Gasteiger partial charge in [0.1, 0.15) is 0 Å². The Labute approximate surface area is 136 Å². The molecule has 0 radical (unpaired) electrons. The highest BCUT2D eigenvalue weighted by molar-refractivity contribution is 5.97. The Hall–Kier alpha value is -2.62. The number of hydrogen-bond donors (Lipinski definition) is 2. The van der Waals surface area contributed by atoms with Crippen LogP contribution in [0.3, 0.4) is 0 Å². The normalized spacial score (nSPS) is 11.6. The molecule has 0 unspecified atom stereocenters. The molecule has 2 rings (SSSR count). The fraction of sp³-hybridized carbons (Fsp3) is 0.263. The Bertz CT molecular complexity index is 668. The predicted molar refractivity (Wildman–Crippen MR) is 92.3 cm³/mol. The van der Waals surface area contributed by atoms with E-state index in [1.165, 1.54) is 6.92 Å². The first-order valence-electron chi connectivity index (χ1n) is 7.83. The van der Waals surface area contributed by atoms with Gasteiger partial charge >= 0.3 is 0 Å². The number of carbonyl (C=O) groups is 2. The van der Waals surface area contributed by atoms with Gasteiger partial charge in [0.15, 0.2) is 0 Å². The minimum absolute atomic E-state index is 0.0156. The molecule has 2 aromatic rings. The van der Waals surface area contributed by atoms with Gasteiger partial charge in [-0.05, 0) is 30.2 Å². The smallest absolute Gasteiger partial charge is 0.251 e. The van der Waals surface area contributed by atoms with Crippen molar-refractivity contribution in [3.8, 4) is 0 Å². The van der Waals surface area contributed by atoms with E-state index in [9.17, 15) is 9.59 Å². The summed E-state index contributed by atoms with van der Waals surface area (Å²) in [5, 5.41) is 5.77. The molecule has 4 nitrogen and oxygen atoms in total. The second-order valence-electron chi connectivity index (χ2n) is 5.49. The number of hydrogen-bond acceptors (Lipinski definition) is 2. The molecule has 0 aliphatic carbocycles. The van der Waals surface area contributed by atoms with Crippen LogP contribution >= 0.6 is 0 Å². The van der Waals surface area contributed by atoms with Crippen LogP contribution < -0.4 is 10.6 Å². The summed E-state index contributed by atoms with van der Waals surface area (Å²) in [5.74, 6) is -0.296. The quantitative estimate of drug-likeness (QED) is 0.849. The minimum Gasteiger partial charge on any atom is -0.345 e. The zero-order valence-electron chi connectivity index (χ0n) is 13.5. The summed E-state index contributed by atoms with van der Waals surface area (Å²) in [6.07, 6.45) is 1.85. The number of carbonyl (C=O) groups excluding carboxylic acids is 2. The third kappa shape index (κ3) is 4.95. The maximum atomic E-state index is 12.5. The third-order valence-electron chi connectivity index (χ3n) is 3.53. The Morgan fingerprint density at radius 1 is 1.04 bits per heavy atom. The van der Waals surface area contributed by atoms with Crippen molar-refractivity contribution < 1.29 is 9.59 Å². The fourth-order valence-electron chi connectivity index (χ4n) is 2.48. The monoisotopic (exact) mass is 310 g/mol. The van der Waals surface area contributed by atoms with Crippen LogP contribution in [0.1, 0.15) is 48.7 Å². The van der Waals surface area contributed by atoms with Crippen molar-refractivity contribution in [3.63, 3.8) is 0 Å². The van der Waals surface area contributed by atoms with Gasteiger partial charge in [-0.25, -0.2) is 0 Å². The molecule has 0 aliphatic rings. The van der Waals surface area contributed by atoms with E-state index in [2.05, 4.69) is 17.6 Å². The van der Waals surface area contributed by atoms with Crippen LogP contribution in [0.15, 0.2) is 54.6 Å². The van der Waals surface area contributed by atoms with Gasteiger partial charge in [0.25, 0.3) is 5.91 Å². The average molecular weight is 310 g/mol. The van der Waals surface area contributed by atoms with Gasteiger partial charge in [-0.2, -0.15) is 0 Å². The summed E-state index contributed by atoms with van der Waals surface area (Å²) in [6, 6.07) is 16.9. The topological polar surface area (TPSA) is 58.2 Å². The summed E-state index contributed by atoms with van der Waals surface area (Å²) >= 11 is 0. The van der Waals surface area contributed by atoms with Crippen LogP contribution in [-0.2, 0) is 4.79 Å². The van der Waals surface area contributed by atoms with Gasteiger partial charge in [-0.3, -0.25) is 9.59 Å². The Morgan fingerprint density at radius 3 is 2.43 bits per heavy atom. The van der Waals surface area contributed by atoms with Crippen LogP contribution in [0, 0.1) is 0 Å². The minimum atomic E-state index is -0.157. The maximum absolute atomic E-state index is 12.5. The lowest BCUT2D eigenvalue weighted by molar-refractivity contribution is -0.114. The molecule has 1 atom stereocenters. The van der Waals surface area contributed by atoms with Gasteiger partial charge < -0.3 is 10.6 Å². The van der Waals surface area contributed by atoms with Gasteiger partial charge in [0, 0.05) is 18.2 Å². The summed E-state index contributed by atoms with van der Waals surface area (Å²) in [7, 11) is 0. The molecule has 0 aliphatic heterocycles. The van der Waals surface area contributed by atoms with Crippen LogP contribution in [0.25, 0.3) is 0 Å². The molecule has 0 bridgehead atoms. The summed E-state index contributed by atoms with van der Waals surface area (Å²) < 4.78 is 0. The Kier molecular flexibility index (Phi) is 5.92. The fourth-order valence-corrected chi connectivity index (χ4v) is 2.48. The van der Waals surface area contributed by atoms with Crippen molar-refractivity contribution in [3.05, 3.63) is 65.7 Å². The molecule has 0 spiro atoms. The van der Waals surface area contributed by atoms with E-state index >= 15 is 0 Å². The predicted octanol–water partition coefficient (Wildman–Crippen LogP) is 3.92. The zero-order chi connectivity index (χ0) is 16.7. The molecule has 0 heterocycles. The highest BCUT2D eigenvalue weighted by Gasteiger charge is 2.15. The first-order valence-corrected chi connectivity index (χ1v) is 7.83. The van der Waals surface area contributed by atoms with Crippen molar-refractivity contribution in [1.82, 2.24) is 5.32 Å². The molecular formula is C19H22N2O2. The van der Waals surface area contributed by atoms with Crippen LogP contribution in [-0.4, -0.2) is 11.8 Å². The van der Waals surface area contributed by atoms with Crippen molar-refractivity contribution in [2.75, 3.05) is 5.32 Å². The molecule has 2 aromatic carbocycles. The Balaban J connectivity index is 2.14. The highest BCUT2D eigenvalue weighted by atomic mass is 16.2. The molecule has 0 saturated carbocycles. The lowest BCUT2D eigenvalue weighted by Crippen LogP contribution is -2.28. The van der Waals surface area contributed by atoms with Crippen molar-refractivity contribution in [2.45, 2.75) is 32.7 Å². The number of anilines is 1. The lowest BCUT2D eigenvalue weighted by Gasteiger charge is -2.19. The zero-order valence-corrected chi connectivity index (χ0v) is 13.5. The molecule has 4 heteroatoms. The first-order chi connectivity index (χ1) is 11.1. The van der Waals surface area contributed by atoms with Gasteiger partial charge in [-0.1, -0.05) is 49.7 Å².